The summed E-state index contributed by atoms with van der Waals surface area (Å²) < 4.78 is 10.7. The van der Waals surface area contributed by atoms with Gasteiger partial charge in [0.25, 0.3) is 11.8 Å². The lowest BCUT2D eigenvalue weighted by atomic mass is 10.0. The lowest BCUT2D eigenvalue weighted by molar-refractivity contribution is -0.139. The first-order valence-corrected chi connectivity index (χ1v) is 9.69. The first-order valence-electron chi connectivity index (χ1n) is 9.69. The van der Waals surface area contributed by atoms with E-state index in [2.05, 4.69) is 20.2 Å². The van der Waals surface area contributed by atoms with Crippen molar-refractivity contribution in [1.82, 2.24) is 15.3 Å². The first kappa shape index (κ1) is 21.9. The molecular weight excluding hydrogens is 364 g/mol. The second-order valence-corrected chi connectivity index (χ2v) is 7.27. The van der Waals surface area contributed by atoms with Crippen LogP contribution in [0.4, 0.5) is 5.82 Å². The zero-order valence-electron chi connectivity index (χ0n) is 16.8. The number of nitrogens with zero attached hydrogens (tertiary/aromatic N) is 3. The molecule has 28 heavy (non-hydrogen) atoms. The quantitative estimate of drug-likeness (QED) is 0.577. The van der Waals surface area contributed by atoms with Gasteiger partial charge in [0.2, 0.25) is 0 Å². The highest BCUT2D eigenvalue weighted by molar-refractivity contribution is 5.95. The fourth-order valence-electron chi connectivity index (χ4n) is 3.04. The highest BCUT2D eigenvalue weighted by atomic mass is 16.5. The van der Waals surface area contributed by atoms with Crippen LogP contribution < -0.4 is 15.0 Å². The summed E-state index contributed by atoms with van der Waals surface area (Å²) in [5.41, 5.74) is 0.0307. The molecule has 2 N–H and O–H groups in total. The molecule has 0 bridgehead atoms. The first-order chi connectivity index (χ1) is 13.4. The van der Waals surface area contributed by atoms with E-state index in [9.17, 15) is 14.7 Å². The average Bonchev–Trinajstić information content (AvgIpc) is 2.67. The van der Waals surface area contributed by atoms with Crippen molar-refractivity contribution in [2.24, 2.45) is 5.92 Å². The van der Waals surface area contributed by atoms with Gasteiger partial charge < -0.3 is 24.8 Å². The molecule has 0 aliphatic carbocycles. The van der Waals surface area contributed by atoms with Crippen molar-refractivity contribution in [3.05, 3.63) is 11.9 Å². The van der Waals surface area contributed by atoms with Crippen molar-refractivity contribution in [3.8, 4) is 5.88 Å². The van der Waals surface area contributed by atoms with E-state index in [4.69, 9.17) is 9.47 Å². The van der Waals surface area contributed by atoms with Crippen LogP contribution in [0.2, 0.25) is 0 Å². The van der Waals surface area contributed by atoms with Crippen LogP contribution >= 0.6 is 0 Å². The number of carbonyl (C=O) groups excluding carboxylic acids is 1. The van der Waals surface area contributed by atoms with Crippen molar-refractivity contribution in [2.75, 3.05) is 38.3 Å². The average molecular weight is 394 g/mol. The third kappa shape index (κ3) is 6.33. The van der Waals surface area contributed by atoms with E-state index in [0.717, 1.165) is 25.9 Å². The van der Waals surface area contributed by atoms with Crippen LogP contribution in [0.25, 0.3) is 0 Å². The molecule has 9 nitrogen and oxygen atoms in total. The van der Waals surface area contributed by atoms with Crippen molar-refractivity contribution in [3.63, 3.8) is 0 Å². The number of nitrogens with one attached hydrogen (secondary N) is 1. The Morgan fingerprint density at radius 3 is 2.57 bits per heavy atom. The summed E-state index contributed by atoms with van der Waals surface area (Å²) in [6, 6.07) is -0.978. The molecule has 1 fully saturated rings. The number of hydrogen-bond acceptors (Lipinski definition) is 7. The van der Waals surface area contributed by atoms with Crippen molar-refractivity contribution in [1.29, 1.82) is 0 Å². The van der Waals surface area contributed by atoms with E-state index in [1.807, 2.05) is 13.8 Å². The van der Waals surface area contributed by atoms with E-state index in [1.54, 1.807) is 7.11 Å². The molecule has 0 radical (unpaired) electrons. The fraction of sp³-hybridized carbons (Fsp3) is 0.684. The zero-order valence-corrected chi connectivity index (χ0v) is 16.8. The predicted octanol–water partition coefficient (Wildman–Crippen LogP) is 1.72. The third-order valence-corrected chi connectivity index (χ3v) is 4.45. The van der Waals surface area contributed by atoms with Crippen molar-refractivity contribution >= 4 is 17.7 Å². The topological polar surface area (TPSA) is 114 Å². The maximum absolute atomic E-state index is 12.5. The van der Waals surface area contributed by atoms with Crippen LogP contribution in [-0.4, -0.2) is 66.4 Å². The van der Waals surface area contributed by atoms with Crippen LogP contribution in [0.5, 0.6) is 5.88 Å². The lowest BCUT2D eigenvalue weighted by Crippen LogP contribution is -2.42. The minimum Gasteiger partial charge on any atom is -0.480 e. The number of aliphatic carboxylic acids is 1. The summed E-state index contributed by atoms with van der Waals surface area (Å²) >= 11 is 0. The number of piperidine rings is 1. The highest BCUT2D eigenvalue weighted by Gasteiger charge is 2.25. The molecule has 1 aliphatic heterocycles. The summed E-state index contributed by atoms with van der Waals surface area (Å²) in [6.45, 7) is 6.18. The number of anilines is 1. The molecule has 1 aromatic heterocycles. The number of methoxy groups -OCH3 is 1. The van der Waals surface area contributed by atoms with Gasteiger partial charge >= 0.3 is 5.97 Å². The van der Waals surface area contributed by atoms with E-state index in [-0.39, 0.29) is 24.1 Å². The number of hydrogen-bond donors (Lipinski definition) is 2. The van der Waals surface area contributed by atoms with Crippen LogP contribution in [0.15, 0.2) is 6.20 Å². The molecule has 0 saturated carbocycles. The number of carboxylic acids is 1. The number of carboxylic acid groups (broad SMARTS) is 1. The minimum absolute atomic E-state index is 0.0307. The Balaban J connectivity index is 2.19. The van der Waals surface area contributed by atoms with E-state index < -0.39 is 17.9 Å². The lowest BCUT2D eigenvalue weighted by Gasteiger charge is -2.28. The van der Waals surface area contributed by atoms with Gasteiger partial charge in [-0.15, -0.1) is 0 Å². The Morgan fingerprint density at radius 1 is 1.25 bits per heavy atom. The molecule has 1 aliphatic rings. The van der Waals surface area contributed by atoms with Gasteiger partial charge in [0, 0.05) is 20.2 Å². The third-order valence-electron chi connectivity index (χ3n) is 4.45. The Hall–Kier alpha value is -2.42. The Kier molecular flexibility index (Phi) is 8.43. The molecule has 2 rings (SSSR count). The molecular formula is C19H30N4O5. The summed E-state index contributed by atoms with van der Waals surface area (Å²) in [4.78, 5) is 34.8. The van der Waals surface area contributed by atoms with E-state index in [1.165, 1.54) is 12.6 Å². The summed E-state index contributed by atoms with van der Waals surface area (Å²) in [5.74, 6) is -0.660. The molecule has 0 spiro atoms. The molecule has 2 heterocycles. The van der Waals surface area contributed by atoms with Gasteiger partial charge in [-0.05, 0) is 31.6 Å². The van der Waals surface area contributed by atoms with Gasteiger partial charge in [-0.2, -0.15) is 0 Å². The molecule has 0 unspecified atom stereocenters. The van der Waals surface area contributed by atoms with Crippen molar-refractivity contribution < 1.29 is 24.2 Å². The smallest absolute Gasteiger partial charge is 0.326 e. The van der Waals surface area contributed by atoms with Crippen molar-refractivity contribution in [2.45, 2.75) is 45.6 Å². The fourth-order valence-corrected chi connectivity index (χ4v) is 3.04. The van der Waals surface area contributed by atoms with Gasteiger partial charge in [-0.1, -0.05) is 13.8 Å². The second kappa shape index (κ2) is 10.8. The normalized spacial score (nSPS) is 15.4. The van der Waals surface area contributed by atoms with Crippen LogP contribution in [0, 0.1) is 5.92 Å². The molecule has 0 aromatic carbocycles. The van der Waals surface area contributed by atoms with Crippen LogP contribution in [-0.2, 0) is 9.53 Å². The second-order valence-electron chi connectivity index (χ2n) is 7.27. The molecule has 1 aromatic rings. The Labute approximate surface area is 165 Å². The van der Waals surface area contributed by atoms with Gasteiger partial charge in [0.05, 0.1) is 12.8 Å². The van der Waals surface area contributed by atoms with Gasteiger partial charge in [-0.3, -0.25) is 4.79 Å². The number of amides is 1. The molecule has 9 heteroatoms. The van der Waals surface area contributed by atoms with E-state index >= 15 is 0 Å². The number of rotatable bonds is 10. The summed E-state index contributed by atoms with van der Waals surface area (Å²) in [6.07, 6.45) is 5.01. The number of carbonyl (C=O) groups is 2. The predicted molar refractivity (Wildman–Crippen MR) is 104 cm³/mol. The maximum atomic E-state index is 12.5. The van der Waals surface area contributed by atoms with Gasteiger partial charge in [-0.25, -0.2) is 14.8 Å². The number of ether oxygens (including phenoxy) is 2. The molecule has 156 valence electrons. The van der Waals surface area contributed by atoms with Crippen LogP contribution in [0.3, 0.4) is 0 Å². The monoisotopic (exact) mass is 394 g/mol. The molecule has 1 amide bonds. The van der Waals surface area contributed by atoms with E-state index in [0.29, 0.717) is 18.8 Å². The summed E-state index contributed by atoms with van der Waals surface area (Å²) in [7, 11) is 1.57. The molecule has 1 saturated heterocycles. The SMILES string of the molecule is COCCOc1nc(C(=O)N[C@@H](CC(C)C)C(=O)O)cnc1N1CCCCC1. The Bertz CT molecular complexity index is 662. The zero-order chi connectivity index (χ0) is 20.5. The Morgan fingerprint density at radius 2 is 1.96 bits per heavy atom. The highest BCUT2D eigenvalue weighted by Crippen LogP contribution is 2.26. The maximum Gasteiger partial charge on any atom is 0.326 e. The number of aromatic nitrogens is 2. The standard InChI is InChI=1S/C19H30N4O5/c1-13(2)11-14(19(25)26)21-17(24)15-12-20-16(23-7-5-4-6-8-23)18(22-15)28-10-9-27-3/h12-14H,4-11H2,1-3H3,(H,21,24)(H,25,26)/t14-/m0/s1. The largest absolute Gasteiger partial charge is 0.480 e. The van der Waals surface area contributed by atoms with Gasteiger partial charge in [0.1, 0.15) is 12.6 Å². The minimum atomic E-state index is -1.07. The summed E-state index contributed by atoms with van der Waals surface area (Å²) in [5, 5.41) is 11.9. The van der Waals surface area contributed by atoms with Gasteiger partial charge in [0.15, 0.2) is 11.5 Å². The molecule has 1 atom stereocenters. The van der Waals surface area contributed by atoms with Crippen LogP contribution in [0.1, 0.15) is 50.0 Å².